The fourth-order valence-corrected chi connectivity index (χ4v) is 4.57. The number of tetrazole rings is 1. The lowest BCUT2D eigenvalue weighted by atomic mass is 9.98. The lowest BCUT2D eigenvalue weighted by Crippen LogP contribution is -2.15. The van der Waals surface area contributed by atoms with Gasteiger partial charge in [-0.15, -0.1) is 22.0 Å². The highest BCUT2D eigenvalue weighted by molar-refractivity contribution is 7.98. The molecule has 5 aromatic rings. The lowest BCUT2D eigenvalue weighted by Gasteiger charge is -2.11. The second kappa shape index (κ2) is 9.60. The van der Waals surface area contributed by atoms with Gasteiger partial charge < -0.3 is 4.57 Å². The first-order valence-corrected chi connectivity index (χ1v) is 12.4. The minimum atomic E-state index is -0.214. The molecular weight excluding hydrogens is 448 g/mol. The third kappa shape index (κ3) is 4.12. The number of imidazole rings is 1. The normalized spacial score (nSPS) is 11.4. The van der Waals surface area contributed by atoms with Gasteiger partial charge in [-0.1, -0.05) is 61.9 Å². The van der Waals surface area contributed by atoms with Gasteiger partial charge in [-0.05, 0) is 34.6 Å². The Labute approximate surface area is 200 Å². The van der Waals surface area contributed by atoms with E-state index in [2.05, 4.69) is 62.0 Å². The van der Waals surface area contributed by atoms with Crippen molar-refractivity contribution >= 4 is 22.8 Å². The van der Waals surface area contributed by atoms with E-state index in [-0.39, 0.29) is 5.56 Å². The maximum Gasteiger partial charge on any atom is 0.290 e. The fraction of sp³-hybridized carbons (Fsp3) is 0.250. The zero-order valence-corrected chi connectivity index (χ0v) is 19.8. The molecular formula is C24H24N8OS. The number of H-pyrrole nitrogens is 2. The Balaban J connectivity index is 1.52. The Morgan fingerprint density at radius 1 is 1.03 bits per heavy atom. The molecule has 0 spiro atoms. The van der Waals surface area contributed by atoms with Crippen molar-refractivity contribution in [3.63, 3.8) is 0 Å². The van der Waals surface area contributed by atoms with Crippen molar-refractivity contribution in [1.29, 1.82) is 0 Å². The number of aromatic nitrogens is 8. The highest BCUT2D eigenvalue weighted by atomic mass is 32.2. The molecule has 0 amide bonds. The van der Waals surface area contributed by atoms with Gasteiger partial charge >= 0.3 is 0 Å². The van der Waals surface area contributed by atoms with Crippen LogP contribution in [0.5, 0.6) is 0 Å². The number of nitrogens with one attached hydrogen (secondary N) is 2. The van der Waals surface area contributed by atoms with E-state index in [0.717, 1.165) is 52.4 Å². The molecule has 2 N–H and O–H groups in total. The Hall–Kier alpha value is -3.79. The van der Waals surface area contributed by atoms with E-state index in [9.17, 15) is 4.79 Å². The summed E-state index contributed by atoms with van der Waals surface area (Å²) in [5.41, 5.74) is 5.12. The Bertz CT molecular complexity index is 1470. The number of benzene rings is 2. The Morgan fingerprint density at radius 2 is 1.82 bits per heavy atom. The van der Waals surface area contributed by atoms with Crippen molar-refractivity contribution in [1.82, 2.24) is 40.4 Å². The first-order chi connectivity index (χ1) is 16.7. The van der Waals surface area contributed by atoms with Crippen molar-refractivity contribution in [3.05, 3.63) is 70.3 Å². The van der Waals surface area contributed by atoms with E-state index in [1.165, 1.54) is 11.8 Å². The van der Waals surface area contributed by atoms with Gasteiger partial charge in [-0.25, -0.2) is 10.1 Å². The summed E-state index contributed by atoms with van der Waals surface area (Å²) in [4.78, 5) is 17.5. The monoisotopic (exact) mass is 472 g/mol. The van der Waals surface area contributed by atoms with Gasteiger partial charge in [0.2, 0.25) is 5.82 Å². The predicted molar refractivity (Wildman–Crippen MR) is 133 cm³/mol. The summed E-state index contributed by atoms with van der Waals surface area (Å²) < 4.78 is 2.04. The molecule has 0 aliphatic rings. The molecule has 34 heavy (non-hydrogen) atoms. The van der Waals surface area contributed by atoms with Gasteiger partial charge in [0.15, 0.2) is 0 Å². The van der Waals surface area contributed by atoms with E-state index < -0.39 is 0 Å². The molecule has 0 atom stereocenters. The number of thioether (sulfide) groups is 1. The van der Waals surface area contributed by atoms with Gasteiger partial charge in [-0.2, -0.15) is 10.3 Å². The van der Waals surface area contributed by atoms with E-state index in [1.807, 2.05) is 35.1 Å². The third-order valence-electron chi connectivity index (χ3n) is 5.79. The van der Waals surface area contributed by atoms with Gasteiger partial charge in [0.05, 0.1) is 0 Å². The van der Waals surface area contributed by atoms with E-state index in [4.69, 9.17) is 4.98 Å². The minimum absolute atomic E-state index is 0.214. The zero-order valence-electron chi connectivity index (χ0n) is 18.9. The van der Waals surface area contributed by atoms with Gasteiger partial charge in [0.25, 0.3) is 5.56 Å². The molecule has 9 nitrogen and oxygen atoms in total. The van der Waals surface area contributed by atoms with Crippen LogP contribution >= 0.6 is 11.8 Å². The topological polar surface area (TPSA) is 118 Å². The Kier molecular flexibility index (Phi) is 6.22. The summed E-state index contributed by atoms with van der Waals surface area (Å²) >= 11 is 1.48. The van der Waals surface area contributed by atoms with Crippen molar-refractivity contribution in [2.45, 2.75) is 37.8 Å². The van der Waals surface area contributed by atoms with Gasteiger partial charge in [0, 0.05) is 18.5 Å². The smallest absolute Gasteiger partial charge is 0.290 e. The molecule has 2 aromatic carbocycles. The standard InChI is InChI=1S/C24H24N8OS/c1-3-4-9-19-25-20-21(23(33)28-29-24(20)34-2)32(19)14-15-10-12-16(13-11-15)17-7-5-6-8-18(17)22-26-30-31-27-22/h5-8,10-13H,3-4,9,14H2,1-2H3,(H,28,33)(H,26,27,30,31). The van der Waals surface area contributed by atoms with Gasteiger partial charge in [0.1, 0.15) is 21.9 Å². The van der Waals surface area contributed by atoms with Crippen LogP contribution in [-0.2, 0) is 13.0 Å². The molecule has 10 heteroatoms. The van der Waals surface area contributed by atoms with Crippen molar-refractivity contribution in [2.75, 3.05) is 6.26 Å². The van der Waals surface area contributed by atoms with Crippen LogP contribution in [0.25, 0.3) is 33.5 Å². The summed E-state index contributed by atoms with van der Waals surface area (Å²) in [6.07, 6.45) is 4.82. The predicted octanol–water partition coefficient (Wildman–Crippen LogP) is 4.08. The number of hydrogen-bond acceptors (Lipinski definition) is 7. The summed E-state index contributed by atoms with van der Waals surface area (Å²) in [5, 5.41) is 22.0. The number of rotatable bonds is 8. The Morgan fingerprint density at radius 3 is 2.53 bits per heavy atom. The van der Waals surface area contributed by atoms with E-state index in [1.54, 1.807) is 0 Å². The molecule has 5 rings (SSSR count). The maximum atomic E-state index is 12.7. The SMILES string of the molecule is CCCCc1nc2c(SC)n[nH]c(=O)c2n1Cc1ccc(-c2ccccc2-c2nn[nH]n2)cc1. The highest BCUT2D eigenvalue weighted by Gasteiger charge is 2.18. The van der Waals surface area contributed by atoms with Crippen LogP contribution in [0.1, 0.15) is 31.2 Å². The lowest BCUT2D eigenvalue weighted by molar-refractivity contribution is 0.688. The number of hydrogen-bond donors (Lipinski definition) is 2. The van der Waals surface area contributed by atoms with Crippen LogP contribution in [0.15, 0.2) is 58.4 Å². The molecule has 0 saturated heterocycles. The summed E-state index contributed by atoms with van der Waals surface area (Å²) in [6.45, 7) is 2.71. The highest BCUT2D eigenvalue weighted by Crippen LogP contribution is 2.30. The average molecular weight is 473 g/mol. The van der Waals surface area contributed by atoms with Crippen molar-refractivity contribution in [2.24, 2.45) is 0 Å². The molecule has 0 radical (unpaired) electrons. The molecule has 3 heterocycles. The second-order valence-electron chi connectivity index (χ2n) is 7.95. The molecule has 0 fully saturated rings. The minimum Gasteiger partial charge on any atom is -0.319 e. The van der Waals surface area contributed by atoms with E-state index >= 15 is 0 Å². The van der Waals surface area contributed by atoms with Crippen molar-refractivity contribution in [3.8, 4) is 22.5 Å². The summed E-state index contributed by atoms with van der Waals surface area (Å²) in [5.74, 6) is 1.47. The van der Waals surface area contributed by atoms with Crippen LogP contribution in [0.3, 0.4) is 0 Å². The maximum absolute atomic E-state index is 12.7. The molecule has 172 valence electrons. The molecule has 0 aliphatic heterocycles. The van der Waals surface area contributed by atoms with Crippen LogP contribution < -0.4 is 5.56 Å². The number of nitrogens with zero attached hydrogens (tertiary/aromatic N) is 6. The second-order valence-corrected chi connectivity index (χ2v) is 8.75. The van der Waals surface area contributed by atoms with E-state index in [0.29, 0.717) is 23.4 Å². The molecule has 0 aliphatic carbocycles. The average Bonchev–Trinajstić information content (AvgIpc) is 3.53. The first kappa shape index (κ1) is 22.0. The molecule has 3 aromatic heterocycles. The van der Waals surface area contributed by atoms with Crippen LogP contribution in [0.2, 0.25) is 0 Å². The number of unbranched alkanes of at least 4 members (excludes halogenated alkanes) is 1. The summed E-state index contributed by atoms with van der Waals surface area (Å²) in [6, 6.07) is 16.3. The van der Waals surface area contributed by atoms with Crippen LogP contribution in [0, 0.1) is 0 Å². The third-order valence-corrected chi connectivity index (χ3v) is 6.46. The first-order valence-electron chi connectivity index (χ1n) is 11.1. The molecule has 0 bridgehead atoms. The van der Waals surface area contributed by atoms with Crippen LogP contribution in [0.4, 0.5) is 0 Å². The fourth-order valence-electron chi connectivity index (χ4n) is 4.10. The zero-order chi connectivity index (χ0) is 23.5. The number of aromatic amines is 2. The molecule has 0 unspecified atom stereocenters. The largest absolute Gasteiger partial charge is 0.319 e. The van der Waals surface area contributed by atoms with Gasteiger partial charge in [-0.3, -0.25) is 4.79 Å². The quantitative estimate of drug-likeness (QED) is 0.327. The number of aryl methyl sites for hydroxylation is 1. The van der Waals surface area contributed by atoms with Crippen LogP contribution in [-0.4, -0.2) is 46.6 Å². The summed E-state index contributed by atoms with van der Waals surface area (Å²) in [7, 11) is 0. The number of fused-ring (bicyclic) bond motifs is 1. The van der Waals surface area contributed by atoms with Crippen molar-refractivity contribution < 1.29 is 0 Å². The molecule has 0 saturated carbocycles.